The Morgan fingerprint density at radius 2 is 1.82 bits per heavy atom. The van der Waals surface area contributed by atoms with Gasteiger partial charge in [-0.3, -0.25) is 4.79 Å². The first-order valence-electron chi connectivity index (χ1n) is 11.9. The van der Waals surface area contributed by atoms with Gasteiger partial charge in [0.05, 0.1) is 6.10 Å². The molecule has 5 heteroatoms. The lowest BCUT2D eigenvalue weighted by molar-refractivity contribution is -0.121. The number of amides is 1. The summed E-state index contributed by atoms with van der Waals surface area (Å²) in [5.74, 6) is 2.54. The van der Waals surface area contributed by atoms with Crippen LogP contribution in [0.3, 0.4) is 0 Å². The van der Waals surface area contributed by atoms with Crippen LogP contribution >= 0.6 is 0 Å². The van der Waals surface area contributed by atoms with Gasteiger partial charge in [0.25, 0.3) is 0 Å². The molecule has 3 aromatic rings. The van der Waals surface area contributed by atoms with Gasteiger partial charge < -0.3 is 14.8 Å². The van der Waals surface area contributed by atoms with E-state index in [2.05, 4.69) is 47.6 Å². The molecule has 1 aliphatic carbocycles. The number of nitrogens with one attached hydrogen (secondary N) is 1. The molecule has 2 aliphatic rings. The largest absolute Gasteiger partial charge is 0.490 e. The molecule has 1 atom stereocenters. The van der Waals surface area contributed by atoms with Crippen LogP contribution in [0.25, 0.3) is 0 Å². The van der Waals surface area contributed by atoms with Crippen molar-refractivity contribution in [2.75, 3.05) is 5.32 Å². The van der Waals surface area contributed by atoms with Crippen molar-refractivity contribution >= 4 is 11.7 Å². The normalized spacial score (nSPS) is 22.0. The van der Waals surface area contributed by atoms with Crippen molar-refractivity contribution in [2.24, 2.45) is 5.92 Å². The minimum absolute atomic E-state index is 0.0159. The molecule has 2 heterocycles. The second-order valence-electron chi connectivity index (χ2n) is 9.07. The molecule has 1 aliphatic heterocycles. The van der Waals surface area contributed by atoms with Gasteiger partial charge in [-0.05, 0) is 92.5 Å². The summed E-state index contributed by atoms with van der Waals surface area (Å²) in [7, 11) is 0. The van der Waals surface area contributed by atoms with E-state index < -0.39 is 0 Å². The monoisotopic (exact) mass is 442 g/mol. The second kappa shape index (κ2) is 9.65. The molecular formula is C28H30N2O3. The summed E-state index contributed by atoms with van der Waals surface area (Å²) in [6.45, 7) is 2.14. The number of anilines is 1. The lowest BCUT2D eigenvalue weighted by Crippen LogP contribution is -2.31. The van der Waals surface area contributed by atoms with E-state index in [4.69, 9.17) is 9.47 Å². The van der Waals surface area contributed by atoms with Gasteiger partial charge in [0.15, 0.2) is 0 Å². The average molecular weight is 443 g/mol. The van der Waals surface area contributed by atoms with E-state index in [1.54, 1.807) is 6.20 Å². The van der Waals surface area contributed by atoms with E-state index >= 15 is 0 Å². The van der Waals surface area contributed by atoms with E-state index in [0.29, 0.717) is 5.82 Å². The number of aryl methyl sites for hydroxylation is 2. The van der Waals surface area contributed by atoms with Crippen LogP contribution in [-0.4, -0.2) is 17.0 Å². The molecule has 5 rings (SSSR count). The molecular weight excluding hydrogens is 412 g/mol. The molecule has 170 valence electrons. The SMILES string of the molecule is Cc1ccccc1C1CCc2cc(O[C@H]3CC[C@H](C(=O)Nc4ccccn4)CC3)ccc2O1. The van der Waals surface area contributed by atoms with Crippen LogP contribution in [0.4, 0.5) is 5.82 Å². The van der Waals surface area contributed by atoms with E-state index in [-0.39, 0.29) is 24.0 Å². The summed E-state index contributed by atoms with van der Waals surface area (Å²) in [6, 6.07) is 20.2. The van der Waals surface area contributed by atoms with Gasteiger partial charge in [0.1, 0.15) is 23.4 Å². The first-order valence-corrected chi connectivity index (χ1v) is 11.9. The number of rotatable bonds is 5. The van der Waals surface area contributed by atoms with Crippen molar-refractivity contribution in [3.63, 3.8) is 0 Å². The van der Waals surface area contributed by atoms with Gasteiger partial charge in [-0.25, -0.2) is 4.98 Å². The van der Waals surface area contributed by atoms with Crippen molar-refractivity contribution in [1.82, 2.24) is 4.98 Å². The number of hydrogen-bond donors (Lipinski definition) is 1. The number of aromatic nitrogens is 1. The number of nitrogens with zero attached hydrogens (tertiary/aromatic N) is 1. The highest BCUT2D eigenvalue weighted by molar-refractivity contribution is 5.91. The third kappa shape index (κ3) is 5.03. The minimum Gasteiger partial charge on any atom is -0.490 e. The Hall–Kier alpha value is -3.34. The van der Waals surface area contributed by atoms with Crippen LogP contribution in [0.2, 0.25) is 0 Å². The third-order valence-corrected chi connectivity index (χ3v) is 6.78. The molecule has 1 aromatic heterocycles. The van der Waals surface area contributed by atoms with Gasteiger partial charge >= 0.3 is 0 Å². The number of carbonyl (C=O) groups is 1. The lowest BCUT2D eigenvalue weighted by Gasteiger charge is -2.30. The molecule has 5 nitrogen and oxygen atoms in total. The maximum Gasteiger partial charge on any atom is 0.228 e. The summed E-state index contributed by atoms with van der Waals surface area (Å²) < 4.78 is 12.6. The zero-order chi connectivity index (χ0) is 22.6. The summed E-state index contributed by atoms with van der Waals surface area (Å²) in [5, 5.41) is 2.92. The van der Waals surface area contributed by atoms with Gasteiger partial charge in [-0.15, -0.1) is 0 Å². The highest BCUT2D eigenvalue weighted by atomic mass is 16.5. The van der Waals surface area contributed by atoms with Crippen molar-refractivity contribution in [3.05, 3.63) is 83.6 Å². The summed E-state index contributed by atoms with van der Waals surface area (Å²) >= 11 is 0. The molecule has 0 bridgehead atoms. The fourth-order valence-corrected chi connectivity index (χ4v) is 4.91. The molecule has 33 heavy (non-hydrogen) atoms. The topological polar surface area (TPSA) is 60.5 Å². The van der Waals surface area contributed by atoms with Gasteiger partial charge in [0, 0.05) is 12.1 Å². The number of ether oxygens (including phenoxy) is 2. The highest BCUT2D eigenvalue weighted by Gasteiger charge is 2.28. The Labute approximate surface area is 195 Å². The number of fused-ring (bicyclic) bond motifs is 1. The molecule has 1 unspecified atom stereocenters. The number of hydrogen-bond acceptors (Lipinski definition) is 4. The maximum absolute atomic E-state index is 12.5. The van der Waals surface area contributed by atoms with Crippen molar-refractivity contribution in [3.8, 4) is 11.5 Å². The predicted octanol–water partition coefficient (Wildman–Crippen LogP) is 6.03. The molecule has 0 saturated heterocycles. The van der Waals surface area contributed by atoms with Gasteiger partial charge in [-0.1, -0.05) is 30.3 Å². The summed E-state index contributed by atoms with van der Waals surface area (Å²) in [5.41, 5.74) is 3.75. The second-order valence-corrected chi connectivity index (χ2v) is 9.07. The average Bonchev–Trinajstić information content (AvgIpc) is 2.85. The third-order valence-electron chi connectivity index (χ3n) is 6.78. The Morgan fingerprint density at radius 3 is 2.61 bits per heavy atom. The van der Waals surface area contributed by atoms with E-state index in [1.807, 2.05) is 30.3 Å². The zero-order valence-electron chi connectivity index (χ0n) is 19.0. The van der Waals surface area contributed by atoms with Crippen LogP contribution in [0, 0.1) is 12.8 Å². The van der Waals surface area contributed by atoms with Crippen LogP contribution in [0.5, 0.6) is 11.5 Å². The van der Waals surface area contributed by atoms with Crippen LogP contribution in [0.15, 0.2) is 66.9 Å². The van der Waals surface area contributed by atoms with Crippen LogP contribution in [0.1, 0.15) is 54.9 Å². The molecule has 2 aromatic carbocycles. The van der Waals surface area contributed by atoms with E-state index in [1.165, 1.54) is 16.7 Å². The minimum atomic E-state index is 0.0159. The van der Waals surface area contributed by atoms with Crippen molar-refractivity contribution in [1.29, 1.82) is 0 Å². The molecule has 1 amide bonds. The number of carbonyl (C=O) groups excluding carboxylic acids is 1. The molecule has 1 N–H and O–H groups in total. The Balaban J connectivity index is 1.15. The molecule has 1 fully saturated rings. The lowest BCUT2D eigenvalue weighted by atomic mass is 9.86. The zero-order valence-corrected chi connectivity index (χ0v) is 19.0. The molecule has 1 saturated carbocycles. The molecule has 0 spiro atoms. The molecule has 0 radical (unpaired) electrons. The van der Waals surface area contributed by atoms with Crippen molar-refractivity contribution in [2.45, 2.75) is 57.7 Å². The maximum atomic E-state index is 12.5. The van der Waals surface area contributed by atoms with E-state index in [9.17, 15) is 4.79 Å². The first kappa shape index (κ1) is 21.5. The predicted molar refractivity (Wildman–Crippen MR) is 129 cm³/mol. The van der Waals surface area contributed by atoms with E-state index in [0.717, 1.165) is 50.0 Å². The van der Waals surface area contributed by atoms with Gasteiger partial charge in [0.2, 0.25) is 5.91 Å². The number of pyridine rings is 1. The van der Waals surface area contributed by atoms with Crippen LogP contribution < -0.4 is 14.8 Å². The standard InChI is InChI=1S/C28H30N2O3/c1-19-6-2-3-7-24(19)26-15-11-21-18-23(14-16-25(21)33-26)32-22-12-9-20(10-13-22)28(31)30-27-8-4-5-17-29-27/h2-8,14,16-18,20,22,26H,9-13,15H2,1H3,(H,29,30,31)/t20-,22-,26?. The highest BCUT2D eigenvalue weighted by Crippen LogP contribution is 2.38. The summed E-state index contributed by atoms with van der Waals surface area (Å²) in [6.07, 6.45) is 7.30. The fraction of sp³-hybridized carbons (Fsp3) is 0.357. The quantitative estimate of drug-likeness (QED) is 0.524. The Kier molecular flexibility index (Phi) is 6.29. The summed E-state index contributed by atoms with van der Waals surface area (Å²) in [4.78, 5) is 16.7. The van der Waals surface area contributed by atoms with Gasteiger partial charge in [-0.2, -0.15) is 0 Å². The smallest absolute Gasteiger partial charge is 0.228 e. The first-order chi connectivity index (χ1) is 16.2. The Bertz CT molecular complexity index is 1110. The fourth-order valence-electron chi connectivity index (χ4n) is 4.91. The van der Waals surface area contributed by atoms with Crippen molar-refractivity contribution < 1.29 is 14.3 Å². The van der Waals surface area contributed by atoms with Crippen LogP contribution in [-0.2, 0) is 11.2 Å². The number of benzene rings is 2. The Morgan fingerprint density at radius 1 is 1.00 bits per heavy atom.